The molecule has 0 spiro atoms. The molecule has 1 atom stereocenters. The number of benzene rings is 1. The van der Waals surface area contributed by atoms with E-state index in [1.54, 1.807) is 0 Å². The van der Waals surface area contributed by atoms with Crippen molar-refractivity contribution in [1.82, 2.24) is 5.32 Å². The van der Waals surface area contributed by atoms with Crippen molar-refractivity contribution in [3.63, 3.8) is 0 Å². The number of halogens is 1. The zero-order valence-electron chi connectivity index (χ0n) is 10.2. The normalized spacial score (nSPS) is 12.5. The van der Waals surface area contributed by atoms with Crippen molar-refractivity contribution in [3.05, 3.63) is 34.9 Å². The van der Waals surface area contributed by atoms with E-state index in [-0.39, 0.29) is 11.8 Å². The Morgan fingerprint density at radius 1 is 1.41 bits per heavy atom. The lowest BCUT2D eigenvalue weighted by molar-refractivity contribution is -0.123. The van der Waals surface area contributed by atoms with Crippen LogP contribution in [0, 0.1) is 5.92 Å². The predicted octanol–water partition coefficient (Wildman–Crippen LogP) is 1.98. The van der Waals surface area contributed by atoms with Gasteiger partial charge in [-0.05, 0) is 24.0 Å². The van der Waals surface area contributed by atoms with E-state index >= 15 is 0 Å². The molecule has 1 amide bonds. The third-order valence-corrected chi connectivity index (χ3v) is 3.04. The molecule has 3 nitrogen and oxygen atoms in total. The first kappa shape index (κ1) is 14.0. The largest absolute Gasteiger partial charge is 0.354 e. The van der Waals surface area contributed by atoms with Crippen LogP contribution in [0.4, 0.5) is 0 Å². The molecule has 1 rings (SSSR count). The number of amides is 1. The van der Waals surface area contributed by atoms with Gasteiger partial charge in [-0.25, -0.2) is 0 Å². The number of hydrogen-bond acceptors (Lipinski definition) is 2. The second kappa shape index (κ2) is 6.62. The fourth-order valence-corrected chi connectivity index (χ4v) is 1.67. The highest BCUT2D eigenvalue weighted by atomic mass is 35.5. The molecule has 0 unspecified atom stereocenters. The highest BCUT2D eigenvalue weighted by Gasteiger charge is 2.16. The molecule has 0 saturated carbocycles. The molecule has 1 aromatic carbocycles. The minimum atomic E-state index is -0.443. The molecule has 0 aliphatic rings. The quantitative estimate of drug-likeness (QED) is 0.844. The monoisotopic (exact) mass is 254 g/mol. The summed E-state index contributed by atoms with van der Waals surface area (Å²) in [6.45, 7) is 4.42. The number of nitrogens with two attached hydrogens (primary N) is 1. The summed E-state index contributed by atoms with van der Waals surface area (Å²) in [5.74, 6) is 0.0439. The van der Waals surface area contributed by atoms with Crippen molar-refractivity contribution in [1.29, 1.82) is 0 Å². The van der Waals surface area contributed by atoms with Crippen molar-refractivity contribution >= 4 is 17.5 Å². The highest BCUT2D eigenvalue weighted by Crippen LogP contribution is 2.14. The molecule has 0 radical (unpaired) electrons. The summed E-state index contributed by atoms with van der Waals surface area (Å²) < 4.78 is 0. The van der Waals surface area contributed by atoms with Crippen molar-refractivity contribution in [2.24, 2.45) is 11.7 Å². The summed E-state index contributed by atoms with van der Waals surface area (Å²) in [6, 6.07) is 7.18. The van der Waals surface area contributed by atoms with Crippen molar-refractivity contribution in [3.8, 4) is 0 Å². The summed E-state index contributed by atoms with van der Waals surface area (Å²) >= 11 is 6.02. The number of hydrogen-bond donors (Lipinski definition) is 2. The second-order valence-electron chi connectivity index (χ2n) is 4.40. The Hall–Kier alpha value is -1.06. The third-order valence-electron chi connectivity index (χ3n) is 2.67. The molecule has 17 heavy (non-hydrogen) atoms. The Labute approximate surface area is 107 Å². The topological polar surface area (TPSA) is 55.1 Å². The van der Waals surface area contributed by atoms with Gasteiger partial charge in [-0.2, -0.15) is 0 Å². The summed E-state index contributed by atoms with van der Waals surface area (Å²) in [4.78, 5) is 11.6. The van der Waals surface area contributed by atoms with E-state index in [4.69, 9.17) is 17.3 Å². The Morgan fingerprint density at radius 2 is 2.06 bits per heavy atom. The van der Waals surface area contributed by atoms with E-state index in [9.17, 15) is 4.79 Å². The van der Waals surface area contributed by atoms with Gasteiger partial charge in [0.25, 0.3) is 0 Å². The van der Waals surface area contributed by atoms with Crippen LogP contribution < -0.4 is 11.1 Å². The average Bonchev–Trinajstić information content (AvgIpc) is 2.30. The minimum absolute atomic E-state index is 0.105. The van der Waals surface area contributed by atoms with E-state index < -0.39 is 6.04 Å². The number of carbonyl (C=O) groups is 1. The molecular formula is C13H19ClN2O. The molecule has 3 N–H and O–H groups in total. The summed E-state index contributed by atoms with van der Waals surface area (Å²) in [5.41, 5.74) is 6.77. The van der Waals surface area contributed by atoms with Gasteiger partial charge in [0.15, 0.2) is 0 Å². The van der Waals surface area contributed by atoms with Crippen LogP contribution in [-0.4, -0.2) is 18.5 Å². The molecule has 4 heteroatoms. The third kappa shape index (κ3) is 4.36. The second-order valence-corrected chi connectivity index (χ2v) is 4.81. The lowest BCUT2D eigenvalue weighted by atomic mass is 10.0. The Balaban J connectivity index is 2.38. The van der Waals surface area contributed by atoms with Crippen LogP contribution >= 0.6 is 11.6 Å². The van der Waals surface area contributed by atoms with Crippen LogP contribution in [0.25, 0.3) is 0 Å². The van der Waals surface area contributed by atoms with Gasteiger partial charge in [0.2, 0.25) is 5.91 Å². The lowest BCUT2D eigenvalue weighted by Crippen LogP contribution is -2.44. The van der Waals surface area contributed by atoms with Crippen LogP contribution in [0.15, 0.2) is 24.3 Å². The Kier molecular flexibility index (Phi) is 5.45. The first-order chi connectivity index (χ1) is 8.02. The zero-order valence-corrected chi connectivity index (χ0v) is 11.0. The number of carbonyl (C=O) groups excluding carboxylic acids is 1. The average molecular weight is 255 g/mol. The van der Waals surface area contributed by atoms with E-state index in [0.717, 1.165) is 17.0 Å². The molecule has 0 bridgehead atoms. The molecule has 0 aliphatic heterocycles. The smallest absolute Gasteiger partial charge is 0.237 e. The fraction of sp³-hybridized carbons (Fsp3) is 0.462. The molecule has 0 fully saturated rings. The van der Waals surface area contributed by atoms with Crippen LogP contribution in [0.5, 0.6) is 0 Å². The van der Waals surface area contributed by atoms with E-state index in [1.165, 1.54) is 0 Å². The molecule has 0 heterocycles. The van der Waals surface area contributed by atoms with Crippen LogP contribution in [0.2, 0.25) is 5.02 Å². The zero-order chi connectivity index (χ0) is 12.8. The van der Waals surface area contributed by atoms with Crippen molar-refractivity contribution in [2.45, 2.75) is 26.3 Å². The van der Waals surface area contributed by atoms with E-state index in [2.05, 4.69) is 5.32 Å². The molecule has 0 aromatic heterocycles. The molecule has 1 aromatic rings. The Bertz CT molecular complexity index is 379. The van der Waals surface area contributed by atoms with Crippen LogP contribution in [-0.2, 0) is 11.2 Å². The molecule has 0 saturated heterocycles. The van der Waals surface area contributed by atoms with Crippen molar-refractivity contribution in [2.75, 3.05) is 6.54 Å². The SMILES string of the molecule is CC(C)[C@H](N)C(=O)NCCc1ccccc1Cl. The van der Waals surface area contributed by atoms with Crippen LogP contribution in [0.3, 0.4) is 0 Å². The highest BCUT2D eigenvalue weighted by molar-refractivity contribution is 6.31. The van der Waals surface area contributed by atoms with Gasteiger partial charge in [0, 0.05) is 11.6 Å². The van der Waals surface area contributed by atoms with E-state index in [1.807, 2.05) is 38.1 Å². The van der Waals surface area contributed by atoms with Gasteiger partial charge in [0.1, 0.15) is 0 Å². The Morgan fingerprint density at radius 3 is 2.65 bits per heavy atom. The maximum atomic E-state index is 11.6. The number of nitrogens with one attached hydrogen (secondary N) is 1. The molecule has 94 valence electrons. The predicted molar refractivity (Wildman–Crippen MR) is 71.0 cm³/mol. The van der Waals surface area contributed by atoms with Gasteiger partial charge >= 0.3 is 0 Å². The van der Waals surface area contributed by atoms with E-state index in [0.29, 0.717) is 6.54 Å². The first-order valence-electron chi connectivity index (χ1n) is 5.79. The lowest BCUT2D eigenvalue weighted by Gasteiger charge is -2.15. The van der Waals surface area contributed by atoms with Gasteiger partial charge in [-0.15, -0.1) is 0 Å². The van der Waals surface area contributed by atoms with Gasteiger partial charge < -0.3 is 11.1 Å². The van der Waals surface area contributed by atoms with Crippen molar-refractivity contribution < 1.29 is 4.79 Å². The van der Waals surface area contributed by atoms with Gasteiger partial charge in [-0.3, -0.25) is 4.79 Å². The maximum absolute atomic E-state index is 11.6. The minimum Gasteiger partial charge on any atom is -0.354 e. The summed E-state index contributed by atoms with van der Waals surface area (Å²) in [7, 11) is 0. The van der Waals surface area contributed by atoms with Gasteiger partial charge in [-0.1, -0.05) is 43.6 Å². The molecule has 0 aliphatic carbocycles. The van der Waals surface area contributed by atoms with Gasteiger partial charge in [0.05, 0.1) is 6.04 Å². The van der Waals surface area contributed by atoms with Crippen LogP contribution in [0.1, 0.15) is 19.4 Å². The fourth-order valence-electron chi connectivity index (χ4n) is 1.44. The number of rotatable bonds is 5. The maximum Gasteiger partial charge on any atom is 0.237 e. The first-order valence-corrected chi connectivity index (χ1v) is 6.17. The molecular weight excluding hydrogens is 236 g/mol. The standard InChI is InChI=1S/C13H19ClN2O/c1-9(2)12(15)13(17)16-8-7-10-5-3-4-6-11(10)14/h3-6,9,12H,7-8,15H2,1-2H3,(H,16,17)/t12-/m0/s1. The summed E-state index contributed by atoms with van der Waals surface area (Å²) in [6.07, 6.45) is 0.718. The summed E-state index contributed by atoms with van der Waals surface area (Å²) in [5, 5.41) is 3.55.